The molecule has 0 unspecified atom stereocenters. The number of hydrogen-bond acceptors (Lipinski definition) is 6. The molecule has 1 saturated heterocycles. The Morgan fingerprint density at radius 3 is 2.62 bits per heavy atom. The Morgan fingerprint density at radius 2 is 1.95 bits per heavy atom. The fourth-order valence-electron chi connectivity index (χ4n) is 4.48. The molecule has 0 radical (unpaired) electrons. The summed E-state index contributed by atoms with van der Waals surface area (Å²) in [6.07, 6.45) is 2.96. The molecule has 0 bridgehead atoms. The minimum atomic E-state index is -4.15. The third kappa shape index (κ3) is 5.16. The van der Waals surface area contributed by atoms with E-state index in [2.05, 4.69) is 13.0 Å². The van der Waals surface area contributed by atoms with E-state index in [4.69, 9.17) is 9.40 Å². The second-order valence-electron chi connectivity index (χ2n) is 8.91. The molecular formula is C26H25F2N3O4S2. The van der Waals surface area contributed by atoms with Crippen LogP contribution in [-0.2, 0) is 27.8 Å². The maximum atomic E-state index is 14.2. The van der Waals surface area contributed by atoms with Crippen molar-refractivity contribution < 1.29 is 26.4 Å². The number of nitrogens with zero attached hydrogens (tertiary/aromatic N) is 3. The second-order valence-corrected chi connectivity index (χ2v) is 11.8. The van der Waals surface area contributed by atoms with Gasteiger partial charge in [-0.25, -0.2) is 22.2 Å². The molecular weight excluding hydrogens is 520 g/mol. The van der Waals surface area contributed by atoms with E-state index in [0.717, 1.165) is 33.1 Å². The number of sulfonamides is 1. The van der Waals surface area contributed by atoms with Crippen LogP contribution >= 0.6 is 11.3 Å². The number of hydrogen-bond donors (Lipinski definition) is 0. The number of rotatable bonds is 7. The summed E-state index contributed by atoms with van der Waals surface area (Å²) >= 11 is 1.43. The molecule has 0 aliphatic carbocycles. The highest BCUT2D eigenvalue weighted by Crippen LogP contribution is 2.34. The van der Waals surface area contributed by atoms with E-state index in [1.807, 2.05) is 12.1 Å². The van der Waals surface area contributed by atoms with Gasteiger partial charge in [0.05, 0.1) is 23.0 Å². The zero-order chi connectivity index (χ0) is 26.2. The number of aromatic nitrogens is 1. The molecule has 3 heterocycles. The molecule has 11 heteroatoms. The fourth-order valence-corrected chi connectivity index (χ4v) is 7.03. The van der Waals surface area contributed by atoms with Gasteiger partial charge in [-0.1, -0.05) is 24.3 Å². The lowest BCUT2D eigenvalue weighted by Crippen LogP contribution is -2.44. The Balaban J connectivity index is 1.36. The van der Waals surface area contributed by atoms with Crippen LogP contribution < -0.4 is 4.90 Å². The van der Waals surface area contributed by atoms with Crippen LogP contribution in [0.25, 0.3) is 10.2 Å². The molecule has 7 nitrogen and oxygen atoms in total. The number of piperidine rings is 1. The zero-order valence-electron chi connectivity index (χ0n) is 20.1. The van der Waals surface area contributed by atoms with E-state index in [1.165, 1.54) is 16.9 Å². The zero-order valence-corrected chi connectivity index (χ0v) is 21.7. The van der Waals surface area contributed by atoms with Gasteiger partial charge in [0.15, 0.2) is 5.13 Å². The number of amides is 1. The van der Waals surface area contributed by atoms with E-state index < -0.39 is 32.5 Å². The highest BCUT2D eigenvalue weighted by atomic mass is 32.2. The first-order chi connectivity index (χ1) is 17.8. The van der Waals surface area contributed by atoms with Gasteiger partial charge in [-0.15, -0.1) is 0 Å². The Kier molecular flexibility index (Phi) is 7.11. The number of carbonyl (C=O) groups excluding carboxylic acids is 1. The average Bonchev–Trinajstić information content (AvgIpc) is 3.56. The van der Waals surface area contributed by atoms with Crippen LogP contribution in [0, 0.1) is 17.6 Å². The largest absolute Gasteiger partial charge is 0.467 e. The summed E-state index contributed by atoms with van der Waals surface area (Å²) in [6.45, 7) is 2.37. The van der Waals surface area contributed by atoms with Gasteiger partial charge in [-0.3, -0.25) is 9.69 Å². The van der Waals surface area contributed by atoms with Crippen molar-refractivity contribution in [2.75, 3.05) is 18.0 Å². The van der Waals surface area contributed by atoms with Crippen molar-refractivity contribution >= 4 is 42.6 Å². The molecule has 1 fully saturated rings. The molecule has 0 atom stereocenters. The molecule has 5 rings (SSSR count). The quantitative estimate of drug-likeness (QED) is 0.312. The number of carbonyl (C=O) groups is 1. The topological polar surface area (TPSA) is 83.7 Å². The summed E-state index contributed by atoms with van der Waals surface area (Å²) < 4.78 is 61.0. The highest BCUT2D eigenvalue weighted by Gasteiger charge is 2.36. The Bertz CT molecular complexity index is 1530. The van der Waals surface area contributed by atoms with E-state index in [-0.39, 0.29) is 38.4 Å². The minimum absolute atomic E-state index is 0.0455. The number of halogens is 2. The minimum Gasteiger partial charge on any atom is -0.467 e. The number of anilines is 1. The Labute approximate surface area is 217 Å². The summed E-state index contributed by atoms with van der Waals surface area (Å²) in [4.78, 5) is 19.5. The third-order valence-corrected chi connectivity index (χ3v) is 9.53. The summed E-state index contributed by atoms with van der Waals surface area (Å²) in [5, 5.41) is 0.549. The summed E-state index contributed by atoms with van der Waals surface area (Å²) in [5.74, 6) is -1.99. The predicted octanol–water partition coefficient (Wildman–Crippen LogP) is 5.36. The van der Waals surface area contributed by atoms with Gasteiger partial charge in [-0.2, -0.15) is 4.31 Å². The van der Waals surface area contributed by atoms with Crippen molar-refractivity contribution in [2.24, 2.45) is 5.92 Å². The number of fused-ring (bicyclic) bond motifs is 1. The SMILES string of the molecule is CCc1ccc2nc(N(Cc3ccco3)C(=O)C3CCN(S(=O)(=O)c4ccc(F)cc4F)CC3)sc2c1. The van der Waals surface area contributed by atoms with Gasteiger partial charge in [0, 0.05) is 25.1 Å². The van der Waals surface area contributed by atoms with Gasteiger partial charge >= 0.3 is 0 Å². The van der Waals surface area contributed by atoms with Crippen molar-refractivity contribution in [1.82, 2.24) is 9.29 Å². The van der Waals surface area contributed by atoms with E-state index in [0.29, 0.717) is 17.0 Å². The van der Waals surface area contributed by atoms with E-state index in [9.17, 15) is 22.0 Å². The number of furan rings is 1. The maximum Gasteiger partial charge on any atom is 0.245 e. The summed E-state index contributed by atoms with van der Waals surface area (Å²) in [7, 11) is -4.15. The maximum absolute atomic E-state index is 14.2. The highest BCUT2D eigenvalue weighted by molar-refractivity contribution is 7.89. The van der Waals surface area contributed by atoms with Gasteiger partial charge < -0.3 is 4.42 Å². The van der Waals surface area contributed by atoms with Gasteiger partial charge in [0.1, 0.15) is 22.3 Å². The van der Waals surface area contributed by atoms with Crippen molar-refractivity contribution in [3.63, 3.8) is 0 Å². The summed E-state index contributed by atoms with van der Waals surface area (Å²) in [5.41, 5.74) is 1.98. The van der Waals surface area contributed by atoms with Crippen LogP contribution in [0.15, 0.2) is 64.1 Å². The van der Waals surface area contributed by atoms with E-state index in [1.54, 1.807) is 23.3 Å². The molecule has 2 aromatic carbocycles. The number of thiazole rings is 1. The van der Waals surface area contributed by atoms with Crippen molar-refractivity contribution in [2.45, 2.75) is 37.6 Å². The predicted molar refractivity (Wildman–Crippen MR) is 137 cm³/mol. The summed E-state index contributed by atoms with van der Waals surface area (Å²) in [6, 6.07) is 12.0. The second kappa shape index (κ2) is 10.3. The van der Waals surface area contributed by atoms with Gasteiger partial charge in [0.25, 0.3) is 0 Å². The van der Waals surface area contributed by atoms with Crippen molar-refractivity contribution in [1.29, 1.82) is 0 Å². The smallest absolute Gasteiger partial charge is 0.245 e. The lowest BCUT2D eigenvalue weighted by atomic mass is 9.96. The van der Waals surface area contributed by atoms with Crippen LogP contribution in [0.1, 0.15) is 31.1 Å². The van der Waals surface area contributed by atoms with Crippen LogP contribution in [0.4, 0.5) is 13.9 Å². The van der Waals surface area contributed by atoms with Crippen molar-refractivity contribution in [3.8, 4) is 0 Å². The molecule has 2 aromatic heterocycles. The van der Waals surface area contributed by atoms with Crippen LogP contribution in [0.5, 0.6) is 0 Å². The standard InChI is InChI=1S/C26H25F2N3O4S2/c1-2-17-5-7-22-23(14-17)36-26(29-22)31(16-20-4-3-13-35-20)25(32)18-9-11-30(12-10-18)37(33,34)24-8-6-19(27)15-21(24)28/h3-8,13-15,18H,2,9-12,16H2,1H3. The first-order valence-corrected chi connectivity index (χ1v) is 14.2. The van der Waals surface area contributed by atoms with Crippen LogP contribution in [0.3, 0.4) is 0 Å². The van der Waals surface area contributed by atoms with Crippen LogP contribution in [0.2, 0.25) is 0 Å². The molecule has 1 amide bonds. The molecule has 1 aliphatic rings. The van der Waals surface area contributed by atoms with Crippen molar-refractivity contribution in [3.05, 3.63) is 77.8 Å². The molecule has 0 spiro atoms. The number of aryl methyl sites for hydroxylation is 1. The number of benzene rings is 2. The first kappa shape index (κ1) is 25.5. The molecule has 0 N–H and O–H groups in total. The first-order valence-electron chi connectivity index (χ1n) is 11.9. The van der Waals surface area contributed by atoms with Gasteiger partial charge in [-0.05, 0) is 61.2 Å². The normalized spacial score (nSPS) is 15.3. The molecule has 0 saturated carbocycles. The molecule has 1 aliphatic heterocycles. The third-order valence-electron chi connectivity index (χ3n) is 6.56. The van der Waals surface area contributed by atoms with Crippen LogP contribution in [-0.4, -0.2) is 36.7 Å². The van der Waals surface area contributed by atoms with E-state index >= 15 is 0 Å². The lowest BCUT2D eigenvalue weighted by Gasteiger charge is -2.32. The average molecular weight is 546 g/mol. The molecule has 4 aromatic rings. The Hall–Kier alpha value is -3.15. The van der Waals surface area contributed by atoms with Gasteiger partial charge in [0.2, 0.25) is 15.9 Å². The lowest BCUT2D eigenvalue weighted by molar-refractivity contribution is -0.123. The monoisotopic (exact) mass is 545 g/mol. The fraction of sp³-hybridized carbons (Fsp3) is 0.308. The Morgan fingerprint density at radius 1 is 1.16 bits per heavy atom. The molecule has 194 valence electrons. The molecule has 37 heavy (non-hydrogen) atoms.